The van der Waals surface area contributed by atoms with Crippen LogP contribution in [0, 0.1) is 0 Å². The van der Waals surface area contributed by atoms with Crippen LogP contribution in [0.25, 0.3) is 0 Å². The Kier molecular flexibility index (Phi) is 6.68. The lowest BCUT2D eigenvalue weighted by Crippen LogP contribution is -2.27. The maximum atomic E-state index is 10.8. The minimum atomic E-state index is -0.936. The molecule has 5 heteroatoms. The van der Waals surface area contributed by atoms with Crippen molar-refractivity contribution < 1.29 is 19.4 Å². The van der Waals surface area contributed by atoms with Gasteiger partial charge in [0, 0.05) is 6.54 Å². The molecule has 0 aliphatic rings. The number of amides is 1. The number of ether oxygens (including phenoxy) is 1. The molecule has 0 saturated carbocycles. The fourth-order valence-corrected chi connectivity index (χ4v) is 0.632. The molecule has 0 spiro atoms. The van der Waals surface area contributed by atoms with Crippen LogP contribution in [0.2, 0.25) is 0 Å². The Labute approximate surface area is 77.1 Å². The highest BCUT2D eigenvalue weighted by Gasteiger charge is 2.01. The van der Waals surface area contributed by atoms with Gasteiger partial charge in [-0.3, -0.25) is 4.79 Å². The van der Waals surface area contributed by atoms with Crippen LogP contribution in [0.15, 0.2) is 0 Å². The first-order valence-electron chi connectivity index (χ1n) is 4.29. The van der Waals surface area contributed by atoms with E-state index in [4.69, 9.17) is 9.84 Å². The van der Waals surface area contributed by atoms with E-state index in [0.717, 1.165) is 12.8 Å². The number of hydrogen-bond acceptors (Lipinski definition) is 3. The molecule has 0 aliphatic heterocycles. The van der Waals surface area contributed by atoms with Crippen molar-refractivity contribution in [1.29, 1.82) is 0 Å². The molecule has 0 fully saturated rings. The third-order valence-electron chi connectivity index (χ3n) is 1.34. The van der Waals surface area contributed by atoms with Crippen molar-refractivity contribution >= 4 is 12.1 Å². The van der Waals surface area contributed by atoms with E-state index in [1.807, 2.05) is 6.92 Å². The van der Waals surface area contributed by atoms with Gasteiger partial charge in [0.05, 0.1) is 13.0 Å². The highest BCUT2D eigenvalue weighted by atomic mass is 16.5. The SMILES string of the molecule is CCCCOC(=O)NCCC(=O)O. The topological polar surface area (TPSA) is 75.6 Å². The van der Waals surface area contributed by atoms with Crippen molar-refractivity contribution in [3.05, 3.63) is 0 Å². The van der Waals surface area contributed by atoms with Crippen LogP contribution in [0.3, 0.4) is 0 Å². The summed E-state index contributed by atoms with van der Waals surface area (Å²) in [5.41, 5.74) is 0. The van der Waals surface area contributed by atoms with E-state index < -0.39 is 12.1 Å². The van der Waals surface area contributed by atoms with Crippen LogP contribution in [-0.4, -0.2) is 30.3 Å². The molecule has 13 heavy (non-hydrogen) atoms. The Morgan fingerprint density at radius 1 is 1.46 bits per heavy atom. The van der Waals surface area contributed by atoms with Crippen molar-refractivity contribution in [3.63, 3.8) is 0 Å². The van der Waals surface area contributed by atoms with Crippen LogP contribution in [0.4, 0.5) is 4.79 Å². The number of alkyl carbamates (subject to hydrolysis) is 1. The van der Waals surface area contributed by atoms with Crippen molar-refractivity contribution in [3.8, 4) is 0 Å². The third-order valence-corrected chi connectivity index (χ3v) is 1.34. The first-order chi connectivity index (χ1) is 6.16. The van der Waals surface area contributed by atoms with E-state index in [-0.39, 0.29) is 13.0 Å². The van der Waals surface area contributed by atoms with Crippen molar-refractivity contribution in [1.82, 2.24) is 5.32 Å². The van der Waals surface area contributed by atoms with Crippen LogP contribution in [0.1, 0.15) is 26.2 Å². The highest BCUT2D eigenvalue weighted by molar-refractivity contribution is 5.70. The van der Waals surface area contributed by atoms with Crippen molar-refractivity contribution in [2.75, 3.05) is 13.2 Å². The van der Waals surface area contributed by atoms with E-state index >= 15 is 0 Å². The average molecular weight is 189 g/mol. The zero-order valence-corrected chi connectivity index (χ0v) is 7.71. The average Bonchev–Trinajstić information content (AvgIpc) is 2.04. The van der Waals surface area contributed by atoms with Crippen LogP contribution in [-0.2, 0) is 9.53 Å². The Morgan fingerprint density at radius 3 is 2.69 bits per heavy atom. The molecule has 1 amide bonds. The Balaban J connectivity index is 3.25. The van der Waals surface area contributed by atoms with Gasteiger partial charge < -0.3 is 15.2 Å². The second-order valence-corrected chi connectivity index (χ2v) is 2.56. The van der Waals surface area contributed by atoms with E-state index in [1.165, 1.54) is 0 Å². The lowest BCUT2D eigenvalue weighted by atomic mass is 10.4. The molecule has 0 radical (unpaired) electrons. The van der Waals surface area contributed by atoms with Gasteiger partial charge in [0.1, 0.15) is 0 Å². The van der Waals surface area contributed by atoms with E-state index in [1.54, 1.807) is 0 Å². The molecule has 2 N–H and O–H groups in total. The summed E-state index contributed by atoms with van der Waals surface area (Å²) in [5.74, 6) is -0.936. The van der Waals surface area contributed by atoms with Gasteiger partial charge in [-0.2, -0.15) is 0 Å². The lowest BCUT2D eigenvalue weighted by molar-refractivity contribution is -0.136. The summed E-state index contributed by atoms with van der Waals surface area (Å²) in [6.07, 6.45) is 1.16. The summed E-state index contributed by atoms with van der Waals surface area (Å²) >= 11 is 0. The van der Waals surface area contributed by atoms with Crippen molar-refractivity contribution in [2.24, 2.45) is 0 Å². The minimum absolute atomic E-state index is 0.0805. The zero-order chi connectivity index (χ0) is 10.1. The number of nitrogens with one attached hydrogen (secondary N) is 1. The van der Waals surface area contributed by atoms with Crippen LogP contribution >= 0.6 is 0 Å². The standard InChI is InChI=1S/C8H15NO4/c1-2-3-6-13-8(12)9-5-4-7(10)11/h2-6H2,1H3,(H,9,12)(H,10,11). The number of hydrogen-bond donors (Lipinski definition) is 2. The lowest BCUT2D eigenvalue weighted by Gasteiger charge is -2.04. The molecule has 0 atom stereocenters. The van der Waals surface area contributed by atoms with E-state index in [9.17, 15) is 9.59 Å². The summed E-state index contributed by atoms with van der Waals surface area (Å²) in [6.45, 7) is 2.49. The van der Waals surface area contributed by atoms with Gasteiger partial charge >= 0.3 is 12.1 Å². The normalized spacial score (nSPS) is 9.31. The van der Waals surface area contributed by atoms with Gasteiger partial charge in [-0.1, -0.05) is 13.3 Å². The molecular formula is C8H15NO4. The molecule has 5 nitrogen and oxygen atoms in total. The summed E-state index contributed by atoms with van der Waals surface area (Å²) in [7, 11) is 0. The predicted molar refractivity (Wildman–Crippen MR) is 46.5 cm³/mol. The molecular weight excluding hydrogens is 174 g/mol. The summed E-state index contributed by atoms with van der Waals surface area (Å²) in [6, 6.07) is 0. The van der Waals surface area contributed by atoms with Gasteiger partial charge in [0.25, 0.3) is 0 Å². The van der Waals surface area contributed by atoms with E-state index in [0.29, 0.717) is 6.61 Å². The smallest absolute Gasteiger partial charge is 0.407 e. The maximum Gasteiger partial charge on any atom is 0.407 e. The molecule has 0 unspecified atom stereocenters. The van der Waals surface area contributed by atoms with E-state index in [2.05, 4.69) is 5.32 Å². The number of carboxylic acids is 1. The molecule has 0 aromatic carbocycles. The first-order valence-corrected chi connectivity index (χ1v) is 4.29. The van der Waals surface area contributed by atoms with Gasteiger partial charge in [0.15, 0.2) is 0 Å². The first kappa shape index (κ1) is 11.7. The largest absolute Gasteiger partial charge is 0.481 e. The number of aliphatic carboxylic acids is 1. The number of rotatable bonds is 6. The zero-order valence-electron chi connectivity index (χ0n) is 7.71. The number of unbranched alkanes of at least 4 members (excludes halogenated alkanes) is 1. The molecule has 0 aromatic heterocycles. The van der Waals surface area contributed by atoms with Gasteiger partial charge in [-0.15, -0.1) is 0 Å². The highest BCUT2D eigenvalue weighted by Crippen LogP contribution is 1.88. The predicted octanol–water partition coefficient (Wildman–Crippen LogP) is 0.987. The third kappa shape index (κ3) is 8.65. The molecule has 0 aliphatic carbocycles. The quantitative estimate of drug-likeness (QED) is 0.611. The molecule has 0 rings (SSSR count). The van der Waals surface area contributed by atoms with Gasteiger partial charge in [0.2, 0.25) is 0 Å². The summed E-state index contributed by atoms with van der Waals surface area (Å²) in [4.78, 5) is 20.8. The Morgan fingerprint density at radius 2 is 2.15 bits per heavy atom. The summed E-state index contributed by atoms with van der Waals surface area (Å²) in [5, 5.41) is 10.6. The Bertz CT molecular complexity index is 170. The second-order valence-electron chi connectivity index (χ2n) is 2.56. The van der Waals surface area contributed by atoms with Crippen molar-refractivity contribution in [2.45, 2.75) is 26.2 Å². The monoisotopic (exact) mass is 189 g/mol. The number of carboxylic acid groups (broad SMARTS) is 1. The molecule has 0 bridgehead atoms. The van der Waals surface area contributed by atoms with Gasteiger partial charge in [-0.25, -0.2) is 4.79 Å². The van der Waals surface area contributed by atoms with Crippen LogP contribution < -0.4 is 5.32 Å². The number of carbonyl (C=O) groups excluding carboxylic acids is 1. The molecule has 0 saturated heterocycles. The minimum Gasteiger partial charge on any atom is -0.481 e. The molecule has 76 valence electrons. The van der Waals surface area contributed by atoms with Crippen LogP contribution in [0.5, 0.6) is 0 Å². The fraction of sp³-hybridized carbons (Fsp3) is 0.750. The number of carbonyl (C=O) groups is 2. The maximum absolute atomic E-state index is 10.8. The van der Waals surface area contributed by atoms with Gasteiger partial charge in [-0.05, 0) is 6.42 Å². The fourth-order valence-electron chi connectivity index (χ4n) is 0.632. The summed E-state index contributed by atoms with van der Waals surface area (Å²) < 4.78 is 4.72. The Hall–Kier alpha value is -1.26. The second kappa shape index (κ2) is 7.39. The molecule has 0 aromatic rings. The molecule has 0 heterocycles.